The monoisotopic (exact) mass is 565 g/mol. The average molecular weight is 565 g/mol. The normalized spacial score (nSPS) is 21.6. The summed E-state index contributed by atoms with van der Waals surface area (Å²) in [6.07, 6.45) is 0.966. The first-order valence-electron chi connectivity index (χ1n) is 11.9. The molecule has 2 heterocycles. The van der Waals surface area contributed by atoms with Crippen LogP contribution in [0.1, 0.15) is 42.5 Å². The fourth-order valence-corrected chi connectivity index (χ4v) is 4.93. The number of amides is 1. The molecule has 2 atom stereocenters. The Morgan fingerprint density at radius 1 is 0.917 bits per heavy atom. The molecule has 0 N–H and O–H groups in total. The van der Waals surface area contributed by atoms with Crippen LogP contribution in [0.25, 0.3) is 0 Å². The molecule has 0 aromatic heterocycles. The molecule has 185 valence electrons. The Hall–Kier alpha value is -1.99. The van der Waals surface area contributed by atoms with E-state index in [4.69, 9.17) is 9.47 Å². The summed E-state index contributed by atoms with van der Waals surface area (Å²) in [4.78, 5) is 15.1. The molecule has 1 unspecified atom stereocenters. The number of carbonyl (C=O) groups excluding carboxylic acids is 1. The van der Waals surface area contributed by atoms with Gasteiger partial charge >= 0.3 is 0 Å². The molecular formula is C29H28F2NO3Y-. The zero-order chi connectivity index (χ0) is 24.6. The van der Waals surface area contributed by atoms with Crippen molar-refractivity contribution in [2.75, 3.05) is 18.1 Å². The van der Waals surface area contributed by atoms with E-state index in [2.05, 4.69) is 0 Å². The Morgan fingerprint density at radius 3 is 2.06 bits per heavy atom. The van der Waals surface area contributed by atoms with Gasteiger partial charge in [-0.2, -0.15) is 6.92 Å². The standard InChI is InChI=1S/C29H28F2NO3.Y/c1-19-3-5-21(6-4-19)27-26(28(33)32(27)25-13-11-24(31)12-14-25)15-16-29(34-17-20(2)18-35-29)22-7-9-23(30)10-8-22;/h3-14,26-27H,15-18H2,1-2H3;/q-1;/t26?,27-;/m1./s1. The minimum Gasteiger partial charge on any atom is -0.378 e. The average Bonchev–Trinajstić information content (AvgIpc) is 2.86. The largest absolute Gasteiger partial charge is 0.378 e. The molecule has 36 heavy (non-hydrogen) atoms. The number of hydrogen-bond donors (Lipinski definition) is 0. The van der Waals surface area contributed by atoms with E-state index in [0.29, 0.717) is 31.7 Å². The smallest absolute Gasteiger partial charge is 0.233 e. The molecule has 5 rings (SSSR count). The maximum absolute atomic E-state index is 13.6. The second kappa shape index (κ2) is 11.2. The molecule has 3 aromatic carbocycles. The zero-order valence-corrected chi connectivity index (χ0v) is 23.3. The summed E-state index contributed by atoms with van der Waals surface area (Å²) in [5, 5.41) is 0. The molecule has 2 aliphatic heterocycles. The van der Waals surface area contributed by atoms with E-state index >= 15 is 0 Å². The van der Waals surface area contributed by atoms with Gasteiger partial charge in [-0.05, 0) is 55.3 Å². The van der Waals surface area contributed by atoms with Crippen molar-refractivity contribution in [3.63, 3.8) is 0 Å². The molecule has 7 heteroatoms. The van der Waals surface area contributed by atoms with E-state index in [-0.39, 0.29) is 62.2 Å². The van der Waals surface area contributed by atoms with Crippen molar-refractivity contribution in [3.8, 4) is 0 Å². The second-order valence-electron chi connectivity index (χ2n) is 9.48. The van der Waals surface area contributed by atoms with Crippen molar-refractivity contribution in [1.82, 2.24) is 0 Å². The van der Waals surface area contributed by atoms with Crippen LogP contribution in [0.15, 0.2) is 72.8 Å². The minimum atomic E-state index is -1.04. The van der Waals surface area contributed by atoms with Gasteiger partial charge in [-0.3, -0.25) is 10.7 Å². The van der Waals surface area contributed by atoms with Crippen LogP contribution in [-0.4, -0.2) is 19.1 Å². The maximum Gasteiger partial charge on any atom is 0.233 e. The number of aryl methyl sites for hydroxylation is 1. The third-order valence-corrected chi connectivity index (χ3v) is 6.91. The molecule has 1 amide bonds. The third kappa shape index (κ3) is 5.33. The van der Waals surface area contributed by atoms with Gasteiger partial charge in [0.15, 0.2) is 5.79 Å². The summed E-state index contributed by atoms with van der Waals surface area (Å²) < 4.78 is 39.5. The van der Waals surface area contributed by atoms with Crippen LogP contribution < -0.4 is 4.90 Å². The van der Waals surface area contributed by atoms with Gasteiger partial charge in [-0.1, -0.05) is 55.2 Å². The van der Waals surface area contributed by atoms with Crippen LogP contribution in [0, 0.1) is 30.4 Å². The van der Waals surface area contributed by atoms with E-state index < -0.39 is 5.79 Å². The Balaban J connectivity index is 0.00000304. The summed E-state index contributed by atoms with van der Waals surface area (Å²) in [5.41, 5.74) is 3.56. The second-order valence-corrected chi connectivity index (χ2v) is 9.48. The maximum atomic E-state index is 13.6. The SMILES string of the molecule is Cc1ccc([C@@H]2C(CCC3(c4ccc(F)cc4)OC[C-](C)CO3)C(=O)N2c2ccc(F)cc2)cc1.[Y]. The van der Waals surface area contributed by atoms with Gasteiger partial charge in [0.25, 0.3) is 0 Å². The van der Waals surface area contributed by atoms with Crippen molar-refractivity contribution in [3.05, 3.63) is 107 Å². The summed E-state index contributed by atoms with van der Waals surface area (Å²) in [7, 11) is 0. The number of nitrogens with zero attached hydrogens (tertiary/aromatic N) is 1. The molecule has 0 bridgehead atoms. The summed E-state index contributed by atoms with van der Waals surface area (Å²) >= 11 is 0. The first-order valence-corrected chi connectivity index (χ1v) is 11.9. The fourth-order valence-electron chi connectivity index (χ4n) is 4.93. The van der Waals surface area contributed by atoms with Gasteiger partial charge in [0.2, 0.25) is 5.91 Å². The molecule has 2 aliphatic rings. The fraction of sp³-hybridized carbons (Fsp3) is 0.310. The van der Waals surface area contributed by atoms with Crippen LogP contribution >= 0.6 is 0 Å². The van der Waals surface area contributed by atoms with E-state index in [1.807, 2.05) is 38.1 Å². The van der Waals surface area contributed by atoms with Gasteiger partial charge in [-0.15, -0.1) is 0 Å². The number of β-lactam (4-membered cyclic amide) rings is 1. The summed E-state index contributed by atoms with van der Waals surface area (Å²) in [6, 6.07) is 20.1. The zero-order valence-electron chi connectivity index (χ0n) is 20.4. The topological polar surface area (TPSA) is 38.8 Å². The first kappa shape index (κ1) is 27.1. The van der Waals surface area contributed by atoms with E-state index in [9.17, 15) is 13.6 Å². The minimum absolute atomic E-state index is 0. The number of hydrogen-bond acceptors (Lipinski definition) is 3. The number of carbonyl (C=O) groups is 1. The van der Waals surface area contributed by atoms with Crippen molar-refractivity contribution in [1.29, 1.82) is 0 Å². The quantitative estimate of drug-likeness (QED) is 0.262. The number of anilines is 1. The van der Waals surface area contributed by atoms with Gasteiger partial charge in [0.05, 0.1) is 12.0 Å². The molecule has 2 saturated heterocycles. The molecular weight excluding hydrogens is 537 g/mol. The Kier molecular flexibility index (Phi) is 8.40. The Bertz CT molecular complexity index is 1180. The first-order chi connectivity index (χ1) is 16.9. The van der Waals surface area contributed by atoms with Crippen LogP contribution in [-0.2, 0) is 52.8 Å². The Morgan fingerprint density at radius 2 is 1.47 bits per heavy atom. The van der Waals surface area contributed by atoms with Gasteiger partial charge in [0, 0.05) is 50.4 Å². The van der Waals surface area contributed by atoms with E-state index in [1.165, 1.54) is 24.3 Å². The predicted octanol–water partition coefficient (Wildman–Crippen LogP) is 6.25. The summed E-state index contributed by atoms with van der Waals surface area (Å²) in [5.74, 6) is -0.949. The van der Waals surface area contributed by atoms with Crippen molar-refractivity contribution < 1.29 is 55.8 Å². The molecule has 2 fully saturated rings. The van der Waals surface area contributed by atoms with Gasteiger partial charge < -0.3 is 14.4 Å². The van der Waals surface area contributed by atoms with Crippen molar-refractivity contribution >= 4 is 11.6 Å². The van der Waals surface area contributed by atoms with E-state index in [1.54, 1.807) is 29.2 Å². The van der Waals surface area contributed by atoms with Crippen LogP contribution in [0.2, 0.25) is 0 Å². The predicted molar refractivity (Wildman–Crippen MR) is 129 cm³/mol. The number of benzene rings is 3. The van der Waals surface area contributed by atoms with Crippen molar-refractivity contribution in [2.45, 2.75) is 38.5 Å². The van der Waals surface area contributed by atoms with Crippen LogP contribution in [0.3, 0.4) is 0 Å². The van der Waals surface area contributed by atoms with Crippen LogP contribution in [0.5, 0.6) is 0 Å². The molecule has 1 radical (unpaired) electrons. The summed E-state index contributed by atoms with van der Waals surface area (Å²) in [6.45, 7) is 4.88. The van der Waals surface area contributed by atoms with Gasteiger partial charge in [0.1, 0.15) is 11.6 Å². The number of rotatable bonds is 6. The van der Waals surface area contributed by atoms with Crippen molar-refractivity contribution in [2.24, 2.45) is 5.92 Å². The van der Waals surface area contributed by atoms with Gasteiger partial charge in [-0.25, -0.2) is 8.78 Å². The molecule has 0 spiro atoms. The van der Waals surface area contributed by atoms with Crippen LogP contribution in [0.4, 0.5) is 14.5 Å². The molecule has 0 saturated carbocycles. The Labute approximate surface area is 235 Å². The number of ether oxygens (including phenoxy) is 2. The molecule has 4 nitrogen and oxygen atoms in total. The molecule has 0 aliphatic carbocycles. The van der Waals surface area contributed by atoms with E-state index in [0.717, 1.165) is 22.6 Å². The number of halogens is 2. The third-order valence-electron chi connectivity index (χ3n) is 6.91. The molecule has 3 aromatic rings.